The lowest BCUT2D eigenvalue weighted by Crippen LogP contribution is -2.39. The zero-order valence-electron chi connectivity index (χ0n) is 14.9. The van der Waals surface area contributed by atoms with Gasteiger partial charge in [-0.05, 0) is 37.6 Å². The van der Waals surface area contributed by atoms with Crippen LogP contribution in [0.3, 0.4) is 0 Å². The van der Waals surface area contributed by atoms with E-state index in [2.05, 4.69) is 15.4 Å². The average molecular weight is 375 g/mol. The number of halogens is 3. The first-order valence-electron chi connectivity index (χ1n) is 8.08. The van der Waals surface area contributed by atoms with Crippen LogP contribution in [0.15, 0.2) is 24.3 Å². The smallest absolute Gasteiger partial charge is 0.406 e. The number of alkyl halides is 3. The Morgan fingerprint density at radius 1 is 1.19 bits per heavy atom. The summed E-state index contributed by atoms with van der Waals surface area (Å²) in [6.45, 7) is 5.52. The molecule has 0 spiro atoms. The number of primary amides is 1. The summed E-state index contributed by atoms with van der Waals surface area (Å²) in [5.74, 6) is -0.970. The van der Waals surface area contributed by atoms with Crippen molar-refractivity contribution >= 4 is 17.5 Å². The lowest BCUT2D eigenvalue weighted by Gasteiger charge is -2.21. The molecule has 0 aliphatic heterocycles. The van der Waals surface area contributed by atoms with Crippen LogP contribution < -0.4 is 21.1 Å². The summed E-state index contributed by atoms with van der Waals surface area (Å²) >= 11 is 0. The number of carbonyl (C=O) groups is 2. The van der Waals surface area contributed by atoms with Gasteiger partial charge in [0.05, 0.1) is 0 Å². The van der Waals surface area contributed by atoms with Crippen molar-refractivity contribution in [2.45, 2.75) is 46.0 Å². The Morgan fingerprint density at radius 2 is 1.77 bits per heavy atom. The average Bonchev–Trinajstić information content (AvgIpc) is 2.51. The third kappa shape index (κ3) is 8.09. The number of rotatable bonds is 9. The predicted octanol–water partition coefficient (Wildman–Crippen LogP) is 2.79. The highest BCUT2D eigenvalue weighted by Crippen LogP contribution is 2.24. The van der Waals surface area contributed by atoms with Crippen LogP contribution in [0.5, 0.6) is 5.75 Å². The molecule has 0 heterocycles. The van der Waals surface area contributed by atoms with E-state index in [4.69, 9.17) is 5.73 Å². The van der Waals surface area contributed by atoms with Gasteiger partial charge in [-0.25, -0.2) is 0 Å². The van der Waals surface area contributed by atoms with Crippen LogP contribution in [-0.4, -0.2) is 30.8 Å². The summed E-state index contributed by atoms with van der Waals surface area (Å²) in [6, 6.07) is 5.08. The van der Waals surface area contributed by atoms with Crippen molar-refractivity contribution in [2.75, 3.05) is 11.9 Å². The number of nitrogens with two attached hydrogens (primary N) is 1. The molecule has 2 amide bonds. The zero-order valence-corrected chi connectivity index (χ0v) is 14.9. The molecule has 0 aliphatic carbocycles. The predicted molar refractivity (Wildman–Crippen MR) is 91.4 cm³/mol. The second kappa shape index (κ2) is 8.77. The number of hydrogen-bond acceptors (Lipinski definition) is 4. The molecule has 0 saturated heterocycles. The maximum atomic E-state index is 12.1. The first-order chi connectivity index (χ1) is 11.9. The first-order valence-corrected chi connectivity index (χ1v) is 8.08. The van der Waals surface area contributed by atoms with E-state index >= 15 is 0 Å². The van der Waals surface area contributed by atoms with Crippen LogP contribution >= 0.6 is 0 Å². The number of amides is 2. The number of benzene rings is 1. The van der Waals surface area contributed by atoms with Crippen LogP contribution in [0.1, 0.15) is 33.6 Å². The van der Waals surface area contributed by atoms with Gasteiger partial charge in [-0.1, -0.05) is 13.8 Å². The Labute approximate surface area is 150 Å². The van der Waals surface area contributed by atoms with E-state index in [-0.39, 0.29) is 24.1 Å². The molecule has 4 N–H and O–H groups in total. The van der Waals surface area contributed by atoms with Crippen LogP contribution in [0.4, 0.5) is 18.9 Å². The monoisotopic (exact) mass is 375 g/mol. The fourth-order valence-electron chi connectivity index (χ4n) is 1.99. The Morgan fingerprint density at radius 3 is 2.27 bits per heavy atom. The molecule has 0 aromatic heterocycles. The molecule has 0 fully saturated rings. The molecule has 1 aromatic rings. The van der Waals surface area contributed by atoms with Gasteiger partial charge in [0.15, 0.2) is 0 Å². The zero-order chi connectivity index (χ0) is 20.0. The van der Waals surface area contributed by atoms with Gasteiger partial charge in [-0.3, -0.25) is 9.59 Å². The number of anilines is 1. The molecular formula is C17H24F3N3O3. The lowest BCUT2D eigenvalue weighted by molar-refractivity contribution is -0.274. The van der Waals surface area contributed by atoms with E-state index in [1.54, 1.807) is 20.8 Å². The Hall–Kier alpha value is -2.45. The molecule has 1 atom stereocenters. The minimum absolute atomic E-state index is 0.170. The van der Waals surface area contributed by atoms with Gasteiger partial charge < -0.3 is 21.1 Å². The van der Waals surface area contributed by atoms with Crippen molar-refractivity contribution in [1.82, 2.24) is 5.32 Å². The van der Waals surface area contributed by atoms with Gasteiger partial charge in [-0.2, -0.15) is 0 Å². The molecule has 0 radical (unpaired) electrons. The number of nitrogens with one attached hydrogen (secondary N) is 2. The van der Waals surface area contributed by atoms with Crippen molar-refractivity contribution in [1.29, 1.82) is 0 Å². The van der Waals surface area contributed by atoms with E-state index in [0.29, 0.717) is 18.7 Å². The standard InChI is InChI=1S/C17H24F3N3O3/c1-11(23-14(24)8-9-16(2,3)15(21)25)10-22-12-4-6-13(7-5-12)26-17(18,19)20/h4-7,11,22H,8-10H2,1-3H3,(H2,21,25)(H,23,24)/t11-/m0/s1. The molecule has 1 rings (SSSR count). The summed E-state index contributed by atoms with van der Waals surface area (Å²) < 4.78 is 40.1. The Kier molecular flexibility index (Phi) is 7.29. The highest BCUT2D eigenvalue weighted by molar-refractivity contribution is 5.81. The van der Waals surface area contributed by atoms with E-state index < -0.39 is 17.7 Å². The molecule has 146 valence electrons. The van der Waals surface area contributed by atoms with Crippen molar-refractivity contribution in [3.05, 3.63) is 24.3 Å². The van der Waals surface area contributed by atoms with Crippen LogP contribution in [0.2, 0.25) is 0 Å². The molecule has 1 aromatic carbocycles. The van der Waals surface area contributed by atoms with Crippen molar-refractivity contribution in [3.8, 4) is 5.75 Å². The molecule has 0 unspecified atom stereocenters. The molecule has 0 aliphatic rings. The van der Waals surface area contributed by atoms with Gasteiger partial charge in [-0.15, -0.1) is 13.2 Å². The third-order valence-electron chi connectivity index (χ3n) is 3.75. The van der Waals surface area contributed by atoms with Crippen molar-refractivity contribution in [3.63, 3.8) is 0 Å². The van der Waals surface area contributed by atoms with E-state index in [0.717, 1.165) is 0 Å². The number of ether oxygens (including phenoxy) is 1. The van der Waals surface area contributed by atoms with E-state index in [9.17, 15) is 22.8 Å². The molecular weight excluding hydrogens is 351 g/mol. The maximum absolute atomic E-state index is 12.1. The summed E-state index contributed by atoms with van der Waals surface area (Å²) in [6.07, 6.45) is -4.21. The second-order valence-corrected chi connectivity index (χ2v) is 6.67. The number of hydrogen-bond donors (Lipinski definition) is 3. The van der Waals surface area contributed by atoms with Crippen LogP contribution in [-0.2, 0) is 9.59 Å². The van der Waals surface area contributed by atoms with E-state index in [1.165, 1.54) is 24.3 Å². The van der Waals surface area contributed by atoms with Gasteiger partial charge in [0.1, 0.15) is 5.75 Å². The largest absolute Gasteiger partial charge is 0.573 e. The highest BCUT2D eigenvalue weighted by atomic mass is 19.4. The molecule has 0 bridgehead atoms. The molecule has 6 nitrogen and oxygen atoms in total. The van der Waals surface area contributed by atoms with Gasteiger partial charge in [0.2, 0.25) is 11.8 Å². The summed E-state index contributed by atoms with van der Waals surface area (Å²) in [5.41, 5.74) is 5.10. The molecule has 9 heteroatoms. The second-order valence-electron chi connectivity index (χ2n) is 6.67. The molecule has 26 heavy (non-hydrogen) atoms. The van der Waals surface area contributed by atoms with Crippen molar-refractivity contribution in [2.24, 2.45) is 11.1 Å². The summed E-state index contributed by atoms with van der Waals surface area (Å²) in [5, 5.41) is 5.78. The lowest BCUT2D eigenvalue weighted by atomic mass is 9.87. The SMILES string of the molecule is C[C@@H](CNc1ccc(OC(F)(F)F)cc1)NC(=O)CCC(C)(C)C(N)=O. The summed E-state index contributed by atoms with van der Waals surface area (Å²) in [4.78, 5) is 23.1. The van der Waals surface area contributed by atoms with E-state index in [1.807, 2.05) is 0 Å². The Bertz CT molecular complexity index is 616. The fourth-order valence-corrected chi connectivity index (χ4v) is 1.99. The minimum atomic E-state index is -4.73. The maximum Gasteiger partial charge on any atom is 0.573 e. The fraction of sp³-hybridized carbons (Fsp3) is 0.529. The minimum Gasteiger partial charge on any atom is -0.406 e. The normalized spacial score (nSPS) is 13.0. The first kappa shape index (κ1) is 21.6. The van der Waals surface area contributed by atoms with Gasteiger partial charge >= 0.3 is 6.36 Å². The topological polar surface area (TPSA) is 93.4 Å². The van der Waals surface area contributed by atoms with Crippen LogP contribution in [0.25, 0.3) is 0 Å². The number of carbonyl (C=O) groups excluding carboxylic acids is 2. The highest BCUT2D eigenvalue weighted by Gasteiger charge is 2.31. The third-order valence-corrected chi connectivity index (χ3v) is 3.75. The Balaban J connectivity index is 2.38. The van der Waals surface area contributed by atoms with Gasteiger partial charge in [0.25, 0.3) is 0 Å². The summed E-state index contributed by atoms with van der Waals surface area (Å²) in [7, 11) is 0. The van der Waals surface area contributed by atoms with Gasteiger partial charge in [0, 0.05) is 30.1 Å². The van der Waals surface area contributed by atoms with Crippen molar-refractivity contribution < 1.29 is 27.5 Å². The van der Waals surface area contributed by atoms with Crippen LogP contribution in [0, 0.1) is 5.41 Å². The molecule has 0 saturated carbocycles. The quantitative estimate of drug-likeness (QED) is 0.619.